The lowest BCUT2D eigenvalue weighted by Crippen LogP contribution is -2.35. The first-order chi connectivity index (χ1) is 15.4. The molecule has 1 N–H and O–H groups in total. The van der Waals surface area contributed by atoms with Crippen LogP contribution < -0.4 is 0 Å². The molecule has 0 atom stereocenters. The average Bonchev–Trinajstić information content (AvgIpc) is 3.07. The second kappa shape index (κ2) is 9.01. The number of aliphatic carboxylic acids is 1. The molecule has 1 aromatic heterocycles. The molecule has 6 nitrogen and oxygen atoms in total. The third kappa shape index (κ3) is 4.67. The Balaban J connectivity index is 1.63. The minimum atomic E-state index is -1.14. The summed E-state index contributed by atoms with van der Waals surface area (Å²) in [6.07, 6.45) is 0. The van der Waals surface area contributed by atoms with E-state index in [1.165, 1.54) is 23.1 Å². The number of carboxylic acid groups (broad SMARTS) is 1. The third-order valence-electron chi connectivity index (χ3n) is 5.25. The Kier molecular flexibility index (Phi) is 5.98. The SMILES string of the molecule is Cc1nc2cc(C(=O)N(CC(=O)O)Cc3cccc(F)c3)ccc2n1Cc1ccccc1. The van der Waals surface area contributed by atoms with E-state index in [2.05, 4.69) is 9.55 Å². The number of halogens is 1. The van der Waals surface area contributed by atoms with Gasteiger partial charge in [0, 0.05) is 18.7 Å². The number of benzene rings is 3. The van der Waals surface area contributed by atoms with Crippen LogP contribution in [-0.2, 0) is 17.9 Å². The summed E-state index contributed by atoms with van der Waals surface area (Å²) in [4.78, 5) is 30.3. The highest BCUT2D eigenvalue weighted by atomic mass is 19.1. The van der Waals surface area contributed by atoms with E-state index >= 15 is 0 Å². The van der Waals surface area contributed by atoms with Crippen molar-refractivity contribution in [3.8, 4) is 0 Å². The zero-order valence-electron chi connectivity index (χ0n) is 17.5. The molecule has 0 aliphatic heterocycles. The highest BCUT2D eigenvalue weighted by Gasteiger charge is 2.20. The van der Waals surface area contributed by atoms with Crippen molar-refractivity contribution >= 4 is 22.9 Å². The van der Waals surface area contributed by atoms with E-state index in [9.17, 15) is 19.1 Å². The van der Waals surface area contributed by atoms with Gasteiger partial charge in [0.2, 0.25) is 0 Å². The number of fused-ring (bicyclic) bond motifs is 1. The molecule has 0 fully saturated rings. The Bertz CT molecular complexity index is 1280. The van der Waals surface area contributed by atoms with Gasteiger partial charge in [0.25, 0.3) is 5.91 Å². The van der Waals surface area contributed by atoms with Crippen molar-refractivity contribution in [2.45, 2.75) is 20.0 Å². The molecule has 0 saturated heterocycles. The molecule has 3 aromatic carbocycles. The van der Waals surface area contributed by atoms with Crippen molar-refractivity contribution in [3.05, 3.63) is 101 Å². The van der Waals surface area contributed by atoms with Gasteiger partial charge in [-0.05, 0) is 48.4 Å². The van der Waals surface area contributed by atoms with Gasteiger partial charge in [-0.15, -0.1) is 0 Å². The molecule has 0 bridgehead atoms. The molecule has 162 valence electrons. The van der Waals surface area contributed by atoms with Gasteiger partial charge in [0.05, 0.1) is 11.0 Å². The number of imidazole rings is 1. The van der Waals surface area contributed by atoms with Crippen LogP contribution in [0.1, 0.15) is 27.3 Å². The van der Waals surface area contributed by atoms with Crippen LogP contribution >= 0.6 is 0 Å². The maximum atomic E-state index is 13.5. The summed E-state index contributed by atoms with van der Waals surface area (Å²) in [5.41, 5.74) is 3.53. The number of hydrogen-bond donors (Lipinski definition) is 1. The predicted octanol–water partition coefficient (Wildman–Crippen LogP) is 4.26. The molecule has 4 aromatic rings. The van der Waals surface area contributed by atoms with Crippen molar-refractivity contribution in [3.63, 3.8) is 0 Å². The molecule has 32 heavy (non-hydrogen) atoms. The van der Waals surface area contributed by atoms with E-state index < -0.39 is 24.2 Å². The number of rotatable bonds is 7. The minimum absolute atomic E-state index is 0.0115. The van der Waals surface area contributed by atoms with E-state index in [1.54, 1.807) is 18.2 Å². The normalized spacial score (nSPS) is 10.9. The lowest BCUT2D eigenvalue weighted by atomic mass is 10.1. The first kappa shape index (κ1) is 21.2. The van der Waals surface area contributed by atoms with Gasteiger partial charge in [-0.25, -0.2) is 9.37 Å². The van der Waals surface area contributed by atoms with Crippen molar-refractivity contribution < 1.29 is 19.1 Å². The highest BCUT2D eigenvalue weighted by molar-refractivity contribution is 5.98. The fraction of sp³-hybridized carbons (Fsp3) is 0.160. The topological polar surface area (TPSA) is 75.4 Å². The Labute approximate surface area is 184 Å². The van der Waals surface area contributed by atoms with Crippen LogP contribution in [0, 0.1) is 12.7 Å². The Morgan fingerprint density at radius 2 is 1.75 bits per heavy atom. The number of aromatic nitrogens is 2. The van der Waals surface area contributed by atoms with Crippen LogP contribution in [0.25, 0.3) is 11.0 Å². The summed E-state index contributed by atoms with van der Waals surface area (Å²) < 4.78 is 15.6. The van der Waals surface area contributed by atoms with E-state index in [-0.39, 0.29) is 6.54 Å². The molecule has 4 rings (SSSR count). The predicted molar refractivity (Wildman–Crippen MR) is 119 cm³/mol. The van der Waals surface area contributed by atoms with Crippen LogP contribution in [-0.4, -0.2) is 38.0 Å². The summed E-state index contributed by atoms with van der Waals surface area (Å²) in [5, 5.41) is 9.28. The summed E-state index contributed by atoms with van der Waals surface area (Å²) in [6, 6.07) is 21.0. The molecule has 0 saturated carbocycles. The Morgan fingerprint density at radius 3 is 2.47 bits per heavy atom. The van der Waals surface area contributed by atoms with Gasteiger partial charge in [-0.3, -0.25) is 9.59 Å². The average molecular weight is 431 g/mol. The first-order valence-corrected chi connectivity index (χ1v) is 10.2. The molecular formula is C25H22FN3O3. The number of carbonyl (C=O) groups excluding carboxylic acids is 1. The fourth-order valence-corrected chi connectivity index (χ4v) is 3.75. The zero-order valence-corrected chi connectivity index (χ0v) is 17.5. The van der Waals surface area contributed by atoms with Gasteiger partial charge in [-0.1, -0.05) is 42.5 Å². The smallest absolute Gasteiger partial charge is 0.323 e. The number of hydrogen-bond acceptors (Lipinski definition) is 3. The van der Waals surface area contributed by atoms with E-state index in [0.717, 1.165) is 16.9 Å². The number of nitrogens with zero attached hydrogens (tertiary/aromatic N) is 3. The number of carbonyl (C=O) groups is 2. The summed E-state index contributed by atoms with van der Waals surface area (Å²) in [7, 11) is 0. The van der Waals surface area contributed by atoms with Gasteiger partial charge in [0.15, 0.2) is 0 Å². The lowest BCUT2D eigenvalue weighted by molar-refractivity contribution is -0.137. The second-order valence-corrected chi connectivity index (χ2v) is 7.62. The largest absolute Gasteiger partial charge is 0.480 e. The molecule has 0 unspecified atom stereocenters. The molecule has 1 heterocycles. The van der Waals surface area contributed by atoms with Crippen LogP contribution in [0.5, 0.6) is 0 Å². The van der Waals surface area contributed by atoms with Crippen LogP contribution in [0.2, 0.25) is 0 Å². The second-order valence-electron chi connectivity index (χ2n) is 7.62. The van der Waals surface area contributed by atoms with Crippen LogP contribution in [0.15, 0.2) is 72.8 Å². The van der Waals surface area contributed by atoms with Crippen molar-refractivity contribution in [2.24, 2.45) is 0 Å². The maximum Gasteiger partial charge on any atom is 0.323 e. The number of carboxylic acids is 1. The maximum absolute atomic E-state index is 13.5. The monoisotopic (exact) mass is 431 g/mol. The van der Waals surface area contributed by atoms with Crippen molar-refractivity contribution in [1.29, 1.82) is 0 Å². The highest BCUT2D eigenvalue weighted by Crippen LogP contribution is 2.21. The molecular weight excluding hydrogens is 409 g/mol. The Hall–Kier alpha value is -4.00. The van der Waals surface area contributed by atoms with E-state index in [4.69, 9.17) is 0 Å². The van der Waals surface area contributed by atoms with Crippen molar-refractivity contribution in [2.75, 3.05) is 6.54 Å². The third-order valence-corrected chi connectivity index (χ3v) is 5.25. The number of aryl methyl sites for hydroxylation is 1. The van der Waals surface area contributed by atoms with Crippen molar-refractivity contribution in [1.82, 2.24) is 14.5 Å². The van der Waals surface area contributed by atoms with E-state index in [0.29, 0.717) is 23.2 Å². The van der Waals surface area contributed by atoms with Gasteiger partial charge < -0.3 is 14.6 Å². The van der Waals surface area contributed by atoms with Gasteiger partial charge >= 0.3 is 5.97 Å². The molecule has 0 aliphatic rings. The van der Waals surface area contributed by atoms with Gasteiger partial charge in [-0.2, -0.15) is 0 Å². The molecule has 7 heteroatoms. The van der Waals surface area contributed by atoms with Gasteiger partial charge in [0.1, 0.15) is 18.2 Å². The summed E-state index contributed by atoms with van der Waals surface area (Å²) in [6.45, 7) is 2.06. The minimum Gasteiger partial charge on any atom is -0.480 e. The summed E-state index contributed by atoms with van der Waals surface area (Å²) in [5.74, 6) is -1.21. The zero-order chi connectivity index (χ0) is 22.7. The molecule has 1 amide bonds. The lowest BCUT2D eigenvalue weighted by Gasteiger charge is -2.21. The standard InChI is InChI=1S/C25H22FN3O3/c1-17-27-22-13-20(10-11-23(22)29(17)15-18-6-3-2-4-7-18)25(32)28(16-24(30)31)14-19-8-5-9-21(26)12-19/h2-13H,14-16H2,1H3,(H,30,31). The molecule has 0 aliphatic carbocycles. The number of amides is 1. The van der Waals surface area contributed by atoms with E-state index in [1.807, 2.05) is 43.3 Å². The summed E-state index contributed by atoms with van der Waals surface area (Å²) >= 11 is 0. The Morgan fingerprint density at radius 1 is 1.00 bits per heavy atom. The quantitative estimate of drug-likeness (QED) is 0.475. The fourth-order valence-electron chi connectivity index (χ4n) is 3.75. The van der Waals surface area contributed by atoms with Crippen LogP contribution in [0.4, 0.5) is 4.39 Å². The first-order valence-electron chi connectivity index (χ1n) is 10.2. The molecule has 0 radical (unpaired) electrons. The van der Waals surface area contributed by atoms with Crippen LogP contribution in [0.3, 0.4) is 0 Å². The molecule has 0 spiro atoms.